The minimum atomic E-state index is 0.277. The van der Waals surface area contributed by atoms with Crippen molar-refractivity contribution in [3.63, 3.8) is 0 Å². The lowest BCUT2D eigenvalue weighted by Crippen LogP contribution is -2.28. The van der Waals surface area contributed by atoms with Crippen LogP contribution in [0, 0.1) is 5.92 Å². The number of allylic oxidation sites excluding steroid dienone is 2. The number of aliphatic imine (C=N–C) groups is 1. The van der Waals surface area contributed by atoms with Crippen molar-refractivity contribution in [3.8, 4) is 11.5 Å². The summed E-state index contributed by atoms with van der Waals surface area (Å²) in [5.41, 5.74) is 5.62. The van der Waals surface area contributed by atoms with Gasteiger partial charge in [0.15, 0.2) is 11.5 Å². The van der Waals surface area contributed by atoms with Gasteiger partial charge in [0.25, 0.3) is 0 Å². The molecule has 172 valence electrons. The number of ether oxygens (including phenoxy) is 2. The first-order valence-electron chi connectivity index (χ1n) is 11.5. The number of halogens is 1. The van der Waals surface area contributed by atoms with E-state index in [0.29, 0.717) is 35.0 Å². The summed E-state index contributed by atoms with van der Waals surface area (Å²) in [6.07, 6.45) is 9.22. The first kappa shape index (κ1) is 22.3. The quantitative estimate of drug-likeness (QED) is 0.287. The minimum Gasteiger partial charge on any atom is -0.493 e. The van der Waals surface area contributed by atoms with Gasteiger partial charge >= 0.3 is 0 Å². The van der Waals surface area contributed by atoms with Gasteiger partial charge in [-0.1, -0.05) is 66.7 Å². The minimum absolute atomic E-state index is 0.277. The maximum Gasteiger partial charge on any atom is 0.180 e. The number of nitrogens with zero attached hydrogens (tertiary/aromatic N) is 1. The van der Waals surface area contributed by atoms with Crippen LogP contribution >= 0.6 is 11.6 Å². The Morgan fingerprint density at radius 1 is 1.15 bits per heavy atom. The largest absolute Gasteiger partial charge is 0.493 e. The molecule has 3 aromatic carbocycles. The molecule has 1 N–H and O–H groups in total. The number of fused-ring (bicyclic) bond motifs is 3. The van der Waals surface area contributed by atoms with Gasteiger partial charge in [0, 0.05) is 17.8 Å². The zero-order valence-corrected chi connectivity index (χ0v) is 19.8. The third-order valence-corrected chi connectivity index (χ3v) is 6.76. The number of para-hydroxylation sites is 1. The van der Waals surface area contributed by atoms with Crippen LogP contribution in [0.1, 0.15) is 35.1 Å². The van der Waals surface area contributed by atoms with Crippen LogP contribution in [0.4, 0.5) is 11.4 Å². The summed E-state index contributed by atoms with van der Waals surface area (Å²) in [6, 6.07) is 21.1. The molecule has 0 saturated heterocycles. The molecule has 1 aliphatic carbocycles. The van der Waals surface area contributed by atoms with Crippen LogP contribution in [0.15, 0.2) is 90.5 Å². The first-order chi connectivity index (χ1) is 16.7. The molecule has 0 bridgehead atoms. The van der Waals surface area contributed by atoms with Crippen molar-refractivity contribution in [3.05, 3.63) is 107 Å². The van der Waals surface area contributed by atoms with Gasteiger partial charge in [0.1, 0.15) is 6.61 Å². The molecule has 0 amide bonds. The number of hydrogen-bond donors (Lipinski definition) is 1. The van der Waals surface area contributed by atoms with E-state index in [2.05, 4.69) is 77.6 Å². The lowest BCUT2D eigenvalue weighted by molar-refractivity contribution is 0.326. The number of anilines is 1. The van der Waals surface area contributed by atoms with Crippen molar-refractivity contribution >= 4 is 29.2 Å². The van der Waals surface area contributed by atoms with Crippen molar-refractivity contribution in [1.29, 1.82) is 0 Å². The maximum atomic E-state index is 6.40. The third kappa shape index (κ3) is 4.34. The van der Waals surface area contributed by atoms with Crippen LogP contribution < -0.4 is 14.8 Å². The van der Waals surface area contributed by atoms with Crippen LogP contribution in [0.5, 0.6) is 11.5 Å². The molecule has 3 aromatic rings. The molecule has 1 aliphatic heterocycles. The highest BCUT2D eigenvalue weighted by atomic mass is 35.5. The molecule has 2 aliphatic rings. The number of nitrogens with one attached hydrogen (secondary N) is 1. The van der Waals surface area contributed by atoms with E-state index in [9.17, 15) is 0 Å². The molecular weight excluding hydrogens is 444 g/mol. The zero-order valence-electron chi connectivity index (χ0n) is 19.1. The lowest BCUT2D eigenvalue weighted by atomic mass is 9.77. The summed E-state index contributed by atoms with van der Waals surface area (Å²) in [4.78, 5) is 4.64. The fraction of sp³-hybridized carbons (Fsp3) is 0.207. The van der Waals surface area contributed by atoms with Gasteiger partial charge in [-0.05, 0) is 59.4 Å². The third-order valence-electron chi connectivity index (χ3n) is 6.48. The highest BCUT2D eigenvalue weighted by Gasteiger charge is 2.37. The first-order valence-corrected chi connectivity index (χ1v) is 11.8. The molecule has 0 unspecified atom stereocenters. The maximum absolute atomic E-state index is 6.40. The Morgan fingerprint density at radius 3 is 2.76 bits per heavy atom. The summed E-state index contributed by atoms with van der Waals surface area (Å²) >= 11 is 6.40. The normalized spacial score (nSPS) is 20.5. The molecule has 0 radical (unpaired) electrons. The highest BCUT2D eigenvalue weighted by Crippen LogP contribution is 2.49. The molecule has 1 heterocycles. The van der Waals surface area contributed by atoms with Crippen molar-refractivity contribution in [1.82, 2.24) is 0 Å². The van der Waals surface area contributed by atoms with Gasteiger partial charge in [-0.25, -0.2) is 0 Å². The van der Waals surface area contributed by atoms with Gasteiger partial charge in [0.05, 0.1) is 23.9 Å². The molecule has 0 fully saturated rings. The van der Waals surface area contributed by atoms with Crippen molar-refractivity contribution < 1.29 is 9.47 Å². The second-order valence-corrected chi connectivity index (χ2v) is 8.95. The average Bonchev–Trinajstić information content (AvgIpc) is 3.37. The summed E-state index contributed by atoms with van der Waals surface area (Å²) in [6.45, 7) is 4.02. The van der Waals surface area contributed by atoms with E-state index >= 15 is 0 Å². The SMILES string of the molecule is C=CCOc1c(Cl)cc(C=Nc2ccc([C@@H]3Nc4ccccc4[C@H]4C=CC[C@H]43)cc2)cc1OC. The van der Waals surface area contributed by atoms with Crippen molar-refractivity contribution in [2.24, 2.45) is 10.9 Å². The molecule has 0 aromatic heterocycles. The van der Waals surface area contributed by atoms with Crippen molar-refractivity contribution in [2.45, 2.75) is 18.4 Å². The van der Waals surface area contributed by atoms with Crippen LogP contribution in [-0.2, 0) is 0 Å². The van der Waals surface area contributed by atoms with E-state index in [1.807, 2.05) is 12.1 Å². The predicted octanol–water partition coefficient (Wildman–Crippen LogP) is 7.49. The highest BCUT2D eigenvalue weighted by molar-refractivity contribution is 6.32. The molecule has 5 heteroatoms. The molecule has 0 saturated carbocycles. The van der Waals surface area contributed by atoms with Gasteiger partial charge < -0.3 is 14.8 Å². The zero-order chi connectivity index (χ0) is 23.5. The molecule has 3 atom stereocenters. The summed E-state index contributed by atoms with van der Waals surface area (Å²) in [5.74, 6) is 2.07. The molecular formula is C29H27ClN2O2. The number of rotatable bonds is 7. The lowest BCUT2D eigenvalue weighted by Gasteiger charge is -2.37. The van der Waals surface area contributed by atoms with E-state index in [1.165, 1.54) is 16.8 Å². The van der Waals surface area contributed by atoms with E-state index in [0.717, 1.165) is 17.7 Å². The van der Waals surface area contributed by atoms with E-state index in [1.54, 1.807) is 19.4 Å². The number of methoxy groups -OCH3 is 1. The predicted molar refractivity (Wildman–Crippen MR) is 140 cm³/mol. The average molecular weight is 471 g/mol. The molecule has 5 rings (SSSR count). The Balaban J connectivity index is 1.34. The number of hydrogen-bond acceptors (Lipinski definition) is 4. The fourth-order valence-electron chi connectivity index (χ4n) is 4.89. The molecule has 0 spiro atoms. The standard InChI is InChI=1S/C29H27ClN2O2/c1-3-15-34-29-25(30)16-19(17-27(29)33-2)18-31-21-13-11-20(12-14-21)28-24-9-6-8-22(24)23-7-4-5-10-26(23)32-28/h3-8,10-14,16-18,22,24,28,32H,1,9,15H2,2H3/t22-,24-,28+/m1/s1. The van der Waals surface area contributed by atoms with Crippen LogP contribution in [0.3, 0.4) is 0 Å². The summed E-state index contributed by atoms with van der Waals surface area (Å²) < 4.78 is 11.1. The Bertz CT molecular complexity index is 1250. The van der Waals surface area contributed by atoms with E-state index < -0.39 is 0 Å². The Kier molecular flexibility index (Phi) is 6.41. The van der Waals surface area contributed by atoms with E-state index in [4.69, 9.17) is 21.1 Å². The number of benzene rings is 3. The summed E-state index contributed by atoms with van der Waals surface area (Å²) in [7, 11) is 1.59. The second kappa shape index (κ2) is 9.78. The van der Waals surface area contributed by atoms with Gasteiger partial charge in [-0.3, -0.25) is 4.99 Å². The topological polar surface area (TPSA) is 42.8 Å². The molecule has 4 nitrogen and oxygen atoms in total. The van der Waals surface area contributed by atoms with E-state index in [-0.39, 0.29) is 6.04 Å². The molecule has 34 heavy (non-hydrogen) atoms. The monoisotopic (exact) mass is 470 g/mol. The van der Waals surface area contributed by atoms with Crippen molar-refractivity contribution in [2.75, 3.05) is 19.0 Å². The smallest absolute Gasteiger partial charge is 0.180 e. The second-order valence-electron chi connectivity index (χ2n) is 8.55. The fourth-order valence-corrected chi connectivity index (χ4v) is 5.16. The Morgan fingerprint density at radius 2 is 1.97 bits per heavy atom. The van der Waals surface area contributed by atoms with Gasteiger partial charge in [0.2, 0.25) is 0 Å². The van der Waals surface area contributed by atoms with Gasteiger partial charge in [-0.2, -0.15) is 0 Å². The van der Waals surface area contributed by atoms with Crippen LogP contribution in [0.25, 0.3) is 0 Å². The van der Waals surface area contributed by atoms with Crippen LogP contribution in [-0.4, -0.2) is 19.9 Å². The Hall–Kier alpha value is -3.50. The summed E-state index contributed by atoms with van der Waals surface area (Å²) in [5, 5.41) is 4.25. The van der Waals surface area contributed by atoms with Gasteiger partial charge in [-0.15, -0.1) is 0 Å². The Labute approximate surface area is 205 Å². The van der Waals surface area contributed by atoms with Crippen LogP contribution in [0.2, 0.25) is 5.02 Å².